The molecule has 72 valence electrons. The number of sulfone groups is 1. The molecular weight excluding hydrogens is 200 g/mol. The van der Waals surface area contributed by atoms with Gasteiger partial charge in [0.05, 0.1) is 5.75 Å². The van der Waals surface area contributed by atoms with Gasteiger partial charge in [-0.15, -0.1) is 0 Å². The summed E-state index contributed by atoms with van der Waals surface area (Å²) >= 11 is 0. The van der Waals surface area contributed by atoms with E-state index in [2.05, 4.69) is 0 Å². The third-order valence-electron chi connectivity index (χ3n) is 1.87. The lowest BCUT2D eigenvalue weighted by Crippen LogP contribution is -2.41. The van der Waals surface area contributed by atoms with Crippen molar-refractivity contribution in [1.29, 1.82) is 0 Å². The van der Waals surface area contributed by atoms with Gasteiger partial charge in [0.25, 0.3) is 0 Å². The minimum Gasteiger partial charge on any atom is -0.222 e. The van der Waals surface area contributed by atoms with Crippen molar-refractivity contribution in [3.63, 3.8) is 0 Å². The molecule has 0 aromatic heterocycles. The zero-order chi connectivity index (χ0) is 9.78. The van der Waals surface area contributed by atoms with E-state index < -0.39 is 32.7 Å². The lowest BCUT2D eigenvalue weighted by molar-refractivity contribution is -0.170. The van der Waals surface area contributed by atoms with Crippen molar-refractivity contribution >= 4 is 9.84 Å². The van der Waals surface area contributed by atoms with Crippen LogP contribution >= 0.6 is 0 Å². The Hall–Kier alpha value is -0.330. The van der Waals surface area contributed by atoms with Crippen LogP contribution in [0.4, 0.5) is 17.6 Å². The zero-order valence-corrected chi connectivity index (χ0v) is 6.84. The Kier molecular flexibility index (Phi) is 1.73. The third-order valence-corrected chi connectivity index (χ3v) is 3.86. The molecule has 0 aromatic carbocycles. The van der Waals surface area contributed by atoms with Gasteiger partial charge < -0.3 is 0 Å². The summed E-state index contributed by atoms with van der Waals surface area (Å²) in [6.07, 6.45) is 0. The molecule has 0 radical (unpaired) electrons. The second kappa shape index (κ2) is 2.12. The highest BCUT2D eigenvalue weighted by atomic mass is 32.2. The van der Waals surface area contributed by atoms with Gasteiger partial charge in [-0.25, -0.2) is 8.42 Å². The molecule has 1 aliphatic rings. The molecule has 1 aliphatic heterocycles. The maximum atomic E-state index is 12.5. The van der Waals surface area contributed by atoms with Crippen molar-refractivity contribution in [3.8, 4) is 0 Å². The Morgan fingerprint density at radius 2 is 1.67 bits per heavy atom. The molecule has 0 saturated carbocycles. The molecule has 0 aliphatic carbocycles. The van der Waals surface area contributed by atoms with E-state index >= 15 is 0 Å². The fourth-order valence-electron chi connectivity index (χ4n) is 1.03. The van der Waals surface area contributed by atoms with Crippen LogP contribution in [-0.2, 0) is 9.84 Å². The van der Waals surface area contributed by atoms with Gasteiger partial charge in [0, 0.05) is 5.92 Å². The van der Waals surface area contributed by atoms with Crippen molar-refractivity contribution in [2.75, 3.05) is 5.75 Å². The van der Waals surface area contributed by atoms with Crippen LogP contribution in [0, 0.1) is 5.92 Å². The van der Waals surface area contributed by atoms with Crippen molar-refractivity contribution in [3.05, 3.63) is 0 Å². The van der Waals surface area contributed by atoms with Crippen LogP contribution in [0.1, 0.15) is 6.92 Å². The molecule has 1 fully saturated rings. The minimum absolute atomic E-state index is 0.790. The summed E-state index contributed by atoms with van der Waals surface area (Å²) in [5.41, 5.74) is 0. The van der Waals surface area contributed by atoms with Crippen LogP contribution in [-0.4, -0.2) is 25.3 Å². The summed E-state index contributed by atoms with van der Waals surface area (Å²) in [5, 5.41) is -4.90. The summed E-state index contributed by atoms with van der Waals surface area (Å²) in [6, 6.07) is 0. The molecule has 0 N–H and O–H groups in total. The van der Waals surface area contributed by atoms with Gasteiger partial charge in [-0.1, -0.05) is 6.92 Å². The largest absolute Gasteiger partial charge is 0.407 e. The normalized spacial score (nSPS) is 36.6. The fourth-order valence-corrected chi connectivity index (χ4v) is 2.73. The van der Waals surface area contributed by atoms with Gasteiger partial charge in [0.1, 0.15) is 0 Å². The Bertz CT molecular complexity index is 295. The van der Waals surface area contributed by atoms with Crippen LogP contribution in [0.3, 0.4) is 0 Å². The van der Waals surface area contributed by atoms with E-state index in [9.17, 15) is 26.0 Å². The predicted octanol–water partition coefficient (Wildman–Crippen LogP) is 1.28. The lowest BCUT2D eigenvalue weighted by Gasteiger charge is -2.19. The van der Waals surface area contributed by atoms with E-state index in [1.54, 1.807) is 0 Å². The first-order valence-electron chi connectivity index (χ1n) is 3.11. The van der Waals surface area contributed by atoms with Crippen LogP contribution in [0.25, 0.3) is 0 Å². The van der Waals surface area contributed by atoms with Gasteiger partial charge in [-0.05, 0) is 0 Å². The topological polar surface area (TPSA) is 34.1 Å². The highest BCUT2D eigenvalue weighted by Gasteiger charge is 2.73. The van der Waals surface area contributed by atoms with Crippen LogP contribution in [0.5, 0.6) is 0 Å². The van der Waals surface area contributed by atoms with E-state index in [-0.39, 0.29) is 0 Å². The monoisotopic (exact) mass is 206 g/mol. The number of hydrogen-bond donors (Lipinski definition) is 0. The average Bonchev–Trinajstić information content (AvgIpc) is 1.92. The molecule has 1 rings (SSSR count). The Balaban J connectivity index is 3.29. The molecular formula is C5H6F4O2S. The number of rotatable bonds is 0. The average molecular weight is 206 g/mol. The van der Waals surface area contributed by atoms with Gasteiger partial charge >= 0.3 is 11.2 Å². The molecule has 0 spiro atoms. The van der Waals surface area contributed by atoms with Crippen LogP contribution in [0.2, 0.25) is 0 Å². The van der Waals surface area contributed by atoms with Crippen molar-refractivity contribution in [1.82, 2.24) is 0 Å². The predicted molar refractivity (Wildman–Crippen MR) is 32.8 cm³/mol. The first-order valence-corrected chi connectivity index (χ1v) is 4.76. The maximum absolute atomic E-state index is 12.5. The first kappa shape index (κ1) is 9.76. The molecule has 7 heteroatoms. The van der Waals surface area contributed by atoms with Crippen LogP contribution < -0.4 is 0 Å². The quantitative estimate of drug-likeness (QED) is 0.559. The van der Waals surface area contributed by atoms with E-state index in [1.807, 2.05) is 0 Å². The molecule has 12 heavy (non-hydrogen) atoms. The van der Waals surface area contributed by atoms with E-state index in [0.29, 0.717) is 0 Å². The molecule has 1 atom stereocenters. The van der Waals surface area contributed by atoms with Gasteiger partial charge in [0.2, 0.25) is 9.84 Å². The lowest BCUT2D eigenvalue weighted by atomic mass is 10.1. The van der Waals surface area contributed by atoms with Crippen LogP contribution in [0.15, 0.2) is 0 Å². The van der Waals surface area contributed by atoms with Gasteiger partial charge in [-0.2, -0.15) is 17.6 Å². The van der Waals surface area contributed by atoms with E-state index in [4.69, 9.17) is 0 Å². The van der Waals surface area contributed by atoms with E-state index in [1.165, 1.54) is 0 Å². The molecule has 0 bridgehead atoms. The molecule has 1 heterocycles. The zero-order valence-electron chi connectivity index (χ0n) is 6.02. The van der Waals surface area contributed by atoms with Gasteiger partial charge in [0.15, 0.2) is 0 Å². The maximum Gasteiger partial charge on any atom is 0.407 e. The SMILES string of the molecule is CC1CS(=O)(=O)C(F)(F)C1(F)F. The summed E-state index contributed by atoms with van der Waals surface area (Å²) in [6.45, 7) is 0.790. The second-order valence-electron chi connectivity index (χ2n) is 2.82. The Morgan fingerprint density at radius 3 is 1.75 bits per heavy atom. The van der Waals surface area contributed by atoms with Crippen molar-refractivity contribution in [2.24, 2.45) is 5.92 Å². The molecule has 1 unspecified atom stereocenters. The number of hydrogen-bond acceptors (Lipinski definition) is 2. The highest BCUT2D eigenvalue weighted by Crippen LogP contribution is 2.50. The molecule has 2 nitrogen and oxygen atoms in total. The van der Waals surface area contributed by atoms with Crippen molar-refractivity contribution < 1.29 is 26.0 Å². The fraction of sp³-hybridized carbons (Fsp3) is 1.00. The van der Waals surface area contributed by atoms with Gasteiger partial charge in [-0.3, -0.25) is 0 Å². The molecule has 0 amide bonds. The summed E-state index contributed by atoms with van der Waals surface area (Å²) in [4.78, 5) is 0. The first-order chi connectivity index (χ1) is 5.13. The Morgan fingerprint density at radius 1 is 1.25 bits per heavy atom. The Labute approximate surface area is 66.5 Å². The highest BCUT2D eigenvalue weighted by molar-refractivity contribution is 7.92. The number of halogens is 4. The second-order valence-corrected chi connectivity index (χ2v) is 4.90. The van der Waals surface area contributed by atoms with E-state index in [0.717, 1.165) is 6.92 Å². The van der Waals surface area contributed by atoms with Crippen molar-refractivity contribution in [2.45, 2.75) is 18.1 Å². The third kappa shape index (κ3) is 0.884. The molecule has 1 saturated heterocycles. The molecule has 0 aromatic rings. The number of alkyl halides is 4. The standard InChI is InChI=1S/C5H6F4O2S/c1-3-2-12(10,11)5(8,9)4(3,6)7/h3H,2H2,1H3. The summed E-state index contributed by atoms with van der Waals surface area (Å²) in [5.74, 6) is -7.42. The summed E-state index contributed by atoms with van der Waals surface area (Å²) in [7, 11) is -4.96. The smallest absolute Gasteiger partial charge is 0.222 e. The summed E-state index contributed by atoms with van der Waals surface area (Å²) < 4.78 is 70.7. The minimum atomic E-state index is -4.96.